The zero-order valence-corrected chi connectivity index (χ0v) is 20.9. The van der Waals surface area contributed by atoms with E-state index in [2.05, 4.69) is 15.3 Å². The zero-order valence-electron chi connectivity index (χ0n) is 14.5. The molecule has 2 heterocycles. The molecule has 0 aliphatic carbocycles. The van der Waals surface area contributed by atoms with Gasteiger partial charge < -0.3 is 19.6 Å². The monoisotopic (exact) mass is 606 g/mol. The van der Waals surface area contributed by atoms with Crippen LogP contribution < -0.4 is 10.1 Å². The Kier molecular flexibility index (Phi) is 5.18. The van der Waals surface area contributed by atoms with E-state index in [1.807, 2.05) is 13.0 Å². The van der Waals surface area contributed by atoms with Crippen LogP contribution in [0.25, 0.3) is 11.5 Å². The molecule has 2 N–H and O–H groups in total. The molecule has 0 unspecified atom stereocenters. The van der Waals surface area contributed by atoms with Crippen molar-refractivity contribution in [3.8, 4) is 23.0 Å². The van der Waals surface area contributed by atoms with E-state index in [-0.39, 0.29) is 18.2 Å². The number of nitrogens with zero attached hydrogens (tertiary/aromatic N) is 2. The summed E-state index contributed by atoms with van der Waals surface area (Å²) in [5.74, 6) is 0.470. The first-order chi connectivity index (χ1) is 12.1. The van der Waals surface area contributed by atoms with Gasteiger partial charge in [-0.25, -0.2) is 4.98 Å². The van der Waals surface area contributed by atoms with Crippen LogP contribution >= 0.6 is 0 Å². The normalized spacial score (nSPS) is 10.1. The summed E-state index contributed by atoms with van der Waals surface area (Å²) < 4.78 is 10.5. The van der Waals surface area contributed by atoms with Crippen molar-refractivity contribution in [2.24, 2.45) is 0 Å². The van der Waals surface area contributed by atoms with Gasteiger partial charge in [-0.05, 0) is 36.8 Å². The molecule has 26 heavy (non-hydrogen) atoms. The number of phenols is 1. The minimum atomic E-state index is -0.269. The largest absolute Gasteiger partial charge is 0.504 e. The summed E-state index contributed by atoms with van der Waals surface area (Å²) in [6.45, 7) is 2.04. The van der Waals surface area contributed by atoms with Crippen LogP contribution in [0.2, 0.25) is 0 Å². The van der Waals surface area contributed by atoms with E-state index in [9.17, 15) is 9.90 Å². The fraction of sp³-hybridized carbons (Fsp3) is 0.167. The van der Waals surface area contributed by atoms with Crippen molar-refractivity contribution in [2.45, 2.75) is 13.5 Å². The van der Waals surface area contributed by atoms with Gasteiger partial charge in [-0.3, -0.25) is 9.78 Å². The van der Waals surface area contributed by atoms with Crippen LogP contribution in [0.4, 0.5) is 0 Å². The Hall–Kier alpha value is -4.35. The predicted octanol–water partition coefficient (Wildman–Crippen LogP) is 2.69. The standard InChI is InChI=1S/C18H17N3O4.Rf/c1-11-4-3-7-19-16(11)17(23)20-9-13-10-25-18(21-13)12-5-6-14(22)15(8-12)24-2;/h3-8,10,22H,9H2,1-2H3,(H,20,23);. The van der Waals surface area contributed by atoms with E-state index in [0.717, 1.165) is 5.56 Å². The van der Waals surface area contributed by atoms with Crippen molar-refractivity contribution in [1.29, 1.82) is 0 Å². The Morgan fingerprint density at radius 1 is 1.35 bits per heavy atom. The van der Waals surface area contributed by atoms with Crippen molar-refractivity contribution in [3.63, 3.8) is 0 Å². The first kappa shape index (κ1) is 18.0. The Morgan fingerprint density at radius 2 is 2.15 bits per heavy atom. The number of phenolic OH excluding ortho intramolecular Hbond substituents is 1. The maximum atomic E-state index is 12.2. The SMILES string of the molecule is COc1cc(-c2nc(CNC(=O)c3ncccc3C)co2)ccc1O.[Rf]. The molecule has 8 heteroatoms. The number of ether oxygens (including phenoxy) is 1. The molecule has 0 aliphatic rings. The molecular formula is C18H17N3O4Rf. The zero-order chi connectivity index (χ0) is 17.8. The predicted molar refractivity (Wildman–Crippen MR) is 90.3 cm³/mol. The van der Waals surface area contributed by atoms with Gasteiger partial charge in [0.2, 0.25) is 5.89 Å². The van der Waals surface area contributed by atoms with Gasteiger partial charge in [0.25, 0.3) is 5.91 Å². The quantitative estimate of drug-likeness (QED) is 0.464. The van der Waals surface area contributed by atoms with Gasteiger partial charge in [0.1, 0.15) is 12.0 Å². The van der Waals surface area contributed by atoms with Gasteiger partial charge in [-0.1, -0.05) is 6.07 Å². The number of benzene rings is 1. The van der Waals surface area contributed by atoms with E-state index in [4.69, 9.17) is 9.15 Å². The molecule has 0 aliphatic heterocycles. The van der Waals surface area contributed by atoms with Gasteiger partial charge >= 0.3 is 0 Å². The van der Waals surface area contributed by atoms with Gasteiger partial charge in [0, 0.05) is 11.8 Å². The Labute approximate surface area is 144 Å². The fourth-order valence-electron chi connectivity index (χ4n) is 2.31. The minimum absolute atomic E-state index is 0. The minimum Gasteiger partial charge on any atom is -0.504 e. The number of nitrogens with one attached hydrogen (secondary N) is 1. The Bertz CT molecular complexity index is 911. The van der Waals surface area contributed by atoms with Crippen molar-refractivity contribution < 1.29 is 19.1 Å². The number of aryl methyl sites for hydroxylation is 1. The third kappa shape index (κ3) is 3.59. The van der Waals surface area contributed by atoms with Gasteiger partial charge in [-0.2, -0.15) is 0 Å². The maximum Gasteiger partial charge on any atom is 0.270 e. The van der Waals surface area contributed by atoms with Gasteiger partial charge in [-0.15, -0.1) is 0 Å². The van der Waals surface area contributed by atoms with Crippen LogP contribution in [0.5, 0.6) is 11.5 Å². The second-order valence-electron chi connectivity index (χ2n) is 5.38. The number of methoxy groups -OCH3 is 1. The molecule has 0 saturated carbocycles. The summed E-state index contributed by atoms with van der Waals surface area (Å²) in [4.78, 5) is 20.6. The Morgan fingerprint density at radius 3 is 2.88 bits per heavy atom. The average Bonchev–Trinajstić information content (AvgIpc) is 3.09. The number of rotatable bonds is 5. The molecule has 3 rings (SSSR count). The van der Waals surface area contributed by atoms with E-state index in [1.165, 1.54) is 19.4 Å². The number of carbonyl (C=O) groups excluding carboxylic acids is 1. The van der Waals surface area contributed by atoms with E-state index < -0.39 is 0 Å². The van der Waals surface area contributed by atoms with Gasteiger partial charge in [0.15, 0.2) is 11.5 Å². The first-order valence-corrected chi connectivity index (χ1v) is 7.60. The molecule has 2 aromatic heterocycles. The fourth-order valence-corrected chi connectivity index (χ4v) is 2.31. The molecule has 7 nitrogen and oxygen atoms in total. The molecule has 1 amide bonds. The summed E-state index contributed by atoms with van der Waals surface area (Å²) in [7, 11) is 1.47. The average molecular weight is 606 g/mol. The van der Waals surface area contributed by atoms with Crippen molar-refractivity contribution in [2.75, 3.05) is 7.11 Å². The summed E-state index contributed by atoms with van der Waals surface area (Å²) >= 11 is 0. The second-order valence-corrected chi connectivity index (χ2v) is 5.38. The summed E-state index contributed by atoms with van der Waals surface area (Å²) in [5.41, 5.74) is 2.42. The summed E-state index contributed by atoms with van der Waals surface area (Å²) in [5, 5.41) is 12.4. The van der Waals surface area contributed by atoms with Crippen molar-refractivity contribution in [1.82, 2.24) is 15.3 Å². The smallest absolute Gasteiger partial charge is 0.270 e. The molecule has 0 atom stereocenters. The molecule has 0 bridgehead atoms. The van der Waals surface area contributed by atoms with E-state index in [1.54, 1.807) is 24.4 Å². The number of hydrogen-bond acceptors (Lipinski definition) is 6. The third-order valence-electron chi connectivity index (χ3n) is 3.63. The first-order valence-electron chi connectivity index (χ1n) is 7.60. The number of hydrogen-bond donors (Lipinski definition) is 2. The van der Waals surface area contributed by atoms with Crippen molar-refractivity contribution in [3.05, 3.63) is 59.7 Å². The number of aromatic hydroxyl groups is 1. The molecule has 0 saturated heterocycles. The van der Waals surface area contributed by atoms with Crippen LogP contribution in [0.3, 0.4) is 0 Å². The van der Waals surface area contributed by atoms with E-state index >= 15 is 0 Å². The molecule has 0 radical (unpaired) electrons. The molecule has 0 spiro atoms. The topological polar surface area (TPSA) is 97.5 Å². The molecular weight excluding hydrogens is 589 g/mol. The van der Waals surface area contributed by atoms with Crippen LogP contribution in [0, 0.1) is 6.92 Å². The summed E-state index contributed by atoms with van der Waals surface area (Å²) in [6.07, 6.45) is 3.05. The van der Waals surface area contributed by atoms with E-state index in [0.29, 0.717) is 28.6 Å². The maximum absolute atomic E-state index is 12.2. The van der Waals surface area contributed by atoms with Crippen LogP contribution in [-0.2, 0) is 6.54 Å². The third-order valence-corrected chi connectivity index (χ3v) is 3.63. The number of pyridine rings is 1. The van der Waals surface area contributed by atoms with Crippen molar-refractivity contribution >= 4 is 5.91 Å². The number of amides is 1. The molecule has 3 aromatic rings. The number of carbonyl (C=O) groups is 1. The number of aromatic nitrogens is 2. The molecule has 1 aromatic carbocycles. The summed E-state index contributed by atoms with van der Waals surface area (Å²) in [6, 6.07) is 8.41. The molecule has 130 valence electrons. The molecule has 0 fully saturated rings. The number of oxazole rings is 1. The van der Waals surface area contributed by atoms with Gasteiger partial charge in [0.05, 0.1) is 19.3 Å². The Balaban J connectivity index is 0.00000243. The van der Waals surface area contributed by atoms with Crippen LogP contribution in [0.15, 0.2) is 47.2 Å². The van der Waals surface area contributed by atoms with Crippen LogP contribution in [0.1, 0.15) is 21.7 Å². The van der Waals surface area contributed by atoms with Crippen LogP contribution in [-0.4, -0.2) is 28.1 Å². The second kappa shape index (κ2) is 7.48.